The lowest BCUT2D eigenvalue weighted by Crippen LogP contribution is -2.33. The predicted octanol–water partition coefficient (Wildman–Crippen LogP) is 4.85. The maximum Gasteiger partial charge on any atom is 0.214 e. The molecule has 3 heterocycles. The van der Waals surface area contributed by atoms with Gasteiger partial charge < -0.3 is 18.6 Å². The first-order valence-corrected chi connectivity index (χ1v) is 9.58. The third-order valence-electron chi connectivity index (χ3n) is 5.42. The molecule has 0 saturated carbocycles. The summed E-state index contributed by atoms with van der Waals surface area (Å²) in [6.07, 6.45) is 0.389. The van der Waals surface area contributed by atoms with Crippen molar-refractivity contribution in [3.05, 3.63) is 77.2 Å². The van der Waals surface area contributed by atoms with Crippen molar-refractivity contribution in [3.63, 3.8) is 0 Å². The van der Waals surface area contributed by atoms with Crippen LogP contribution in [0, 0.1) is 6.92 Å². The highest BCUT2D eigenvalue weighted by atomic mass is 16.5. The molecule has 6 nitrogen and oxygen atoms in total. The van der Waals surface area contributed by atoms with Gasteiger partial charge in [0, 0.05) is 17.5 Å². The van der Waals surface area contributed by atoms with E-state index in [1.165, 1.54) is 0 Å². The second-order valence-corrected chi connectivity index (χ2v) is 7.18. The zero-order valence-electron chi connectivity index (χ0n) is 16.6. The Kier molecular flexibility index (Phi) is 4.19. The smallest absolute Gasteiger partial charge is 0.214 e. The fraction of sp³-hybridized carbons (Fsp3) is 0.261. The molecule has 0 radical (unpaired) electrons. The number of hydrogen-bond donors (Lipinski definition) is 0. The van der Waals surface area contributed by atoms with Gasteiger partial charge in [0.25, 0.3) is 0 Å². The molecule has 0 amide bonds. The van der Waals surface area contributed by atoms with Crippen LogP contribution in [-0.4, -0.2) is 24.9 Å². The highest BCUT2D eigenvalue weighted by molar-refractivity contribution is 5.99. The lowest BCUT2D eigenvalue weighted by molar-refractivity contribution is -0.0191. The average Bonchev–Trinajstić information content (AvgIpc) is 3.39. The number of furan rings is 1. The minimum absolute atomic E-state index is 0.0819. The Labute approximate surface area is 169 Å². The number of nitrogens with zero attached hydrogens (tertiary/aromatic N) is 2. The quantitative estimate of drug-likeness (QED) is 0.638. The molecule has 2 atom stereocenters. The summed E-state index contributed by atoms with van der Waals surface area (Å²) < 4.78 is 23.1. The van der Waals surface area contributed by atoms with Crippen molar-refractivity contribution in [1.82, 2.24) is 5.01 Å². The summed E-state index contributed by atoms with van der Waals surface area (Å²) in [5.74, 6) is 3.90. The first kappa shape index (κ1) is 17.7. The minimum Gasteiger partial charge on any atom is -0.493 e. The van der Waals surface area contributed by atoms with Crippen LogP contribution >= 0.6 is 0 Å². The summed E-state index contributed by atoms with van der Waals surface area (Å²) in [6, 6.07) is 18.0. The number of hydrazone groups is 1. The third-order valence-corrected chi connectivity index (χ3v) is 5.42. The van der Waals surface area contributed by atoms with E-state index in [0.29, 0.717) is 11.5 Å². The number of rotatable bonds is 4. The lowest BCUT2D eigenvalue weighted by atomic mass is 9.97. The summed E-state index contributed by atoms with van der Waals surface area (Å²) in [4.78, 5) is 0. The topological polar surface area (TPSA) is 56.4 Å². The van der Waals surface area contributed by atoms with Crippen molar-refractivity contribution in [3.8, 4) is 17.2 Å². The molecule has 0 spiro atoms. The van der Waals surface area contributed by atoms with Crippen molar-refractivity contribution in [2.75, 3.05) is 14.2 Å². The number of aryl methyl sites for hydroxylation is 1. The van der Waals surface area contributed by atoms with Crippen molar-refractivity contribution in [1.29, 1.82) is 0 Å². The molecule has 0 saturated heterocycles. The van der Waals surface area contributed by atoms with Crippen LogP contribution in [0.4, 0.5) is 0 Å². The first-order valence-electron chi connectivity index (χ1n) is 9.58. The molecule has 2 aliphatic rings. The Morgan fingerprint density at radius 2 is 1.83 bits per heavy atom. The maximum atomic E-state index is 6.39. The molecule has 2 aromatic carbocycles. The monoisotopic (exact) mass is 390 g/mol. The van der Waals surface area contributed by atoms with Gasteiger partial charge in [-0.3, -0.25) is 0 Å². The lowest BCUT2D eigenvalue weighted by Gasteiger charge is -2.38. The van der Waals surface area contributed by atoms with E-state index in [0.717, 1.165) is 40.5 Å². The van der Waals surface area contributed by atoms with Crippen LogP contribution in [0.3, 0.4) is 0 Å². The number of hydrogen-bond acceptors (Lipinski definition) is 6. The number of ether oxygens (including phenoxy) is 3. The fourth-order valence-electron chi connectivity index (χ4n) is 4.00. The molecular formula is C23H22N2O4. The number of para-hydroxylation sites is 1. The van der Waals surface area contributed by atoms with E-state index in [4.69, 9.17) is 23.7 Å². The van der Waals surface area contributed by atoms with Gasteiger partial charge in [-0.2, -0.15) is 5.10 Å². The summed E-state index contributed by atoms with van der Waals surface area (Å²) in [5, 5.41) is 6.93. The van der Waals surface area contributed by atoms with E-state index in [-0.39, 0.29) is 12.3 Å². The molecule has 0 unspecified atom stereocenters. The molecule has 0 N–H and O–H groups in total. The van der Waals surface area contributed by atoms with Crippen molar-refractivity contribution >= 4 is 5.71 Å². The van der Waals surface area contributed by atoms with Gasteiger partial charge >= 0.3 is 0 Å². The predicted molar refractivity (Wildman–Crippen MR) is 109 cm³/mol. The molecule has 1 aromatic heterocycles. The van der Waals surface area contributed by atoms with Crippen LogP contribution in [0.1, 0.15) is 41.3 Å². The van der Waals surface area contributed by atoms with Crippen LogP contribution in [-0.2, 0) is 0 Å². The molecule has 3 aromatic rings. The zero-order chi connectivity index (χ0) is 20.0. The number of fused-ring (bicyclic) bond motifs is 3. The third kappa shape index (κ3) is 2.92. The summed E-state index contributed by atoms with van der Waals surface area (Å²) in [5.41, 5.74) is 3.00. The highest BCUT2D eigenvalue weighted by Crippen LogP contribution is 2.48. The van der Waals surface area contributed by atoms with E-state index < -0.39 is 0 Å². The van der Waals surface area contributed by atoms with Gasteiger partial charge in [-0.15, -0.1) is 0 Å². The number of benzene rings is 2. The van der Waals surface area contributed by atoms with Crippen LogP contribution in [0.25, 0.3) is 0 Å². The Bertz CT molecular complexity index is 1090. The second kappa shape index (κ2) is 6.88. The van der Waals surface area contributed by atoms with Crippen molar-refractivity contribution in [2.24, 2.45) is 5.10 Å². The molecule has 0 bridgehead atoms. The largest absolute Gasteiger partial charge is 0.493 e. The summed E-state index contributed by atoms with van der Waals surface area (Å²) in [6.45, 7) is 1.94. The van der Waals surface area contributed by atoms with Crippen molar-refractivity contribution < 1.29 is 18.6 Å². The number of methoxy groups -OCH3 is 2. The van der Waals surface area contributed by atoms with E-state index in [1.54, 1.807) is 14.2 Å². The molecule has 6 heteroatoms. The van der Waals surface area contributed by atoms with Gasteiger partial charge in [0.15, 0.2) is 11.5 Å². The van der Waals surface area contributed by atoms with Gasteiger partial charge in [0.05, 0.1) is 20.3 Å². The Morgan fingerprint density at radius 3 is 2.59 bits per heavy atom. The van der Waals surface area contributed by atoms with Crippen LogP contribution < -0.4 is 14.2 Å². The van der Waals surface area contributed by atoms with Gasteiger partial charge in [-0.1, -0.05) is 18.2 Å². The Hall–Kier alpha value is -3.41. The van der Waals surface area contributed by atoms with Gasteiger partial charge in [0.1, 0.15) is 23.0 Å². The first-order chi connectivity index (χ1) is 14.2. The average molecular weight is 390 g/mol. The van der Waals surface area contributed by atoms with Gasteiger partial charge in [-0.25, -0.2) is 5.01 Å². The van der Waals surface area contributed by atoms with Gasteiger partial charge in [0.2, 0.25) is 6.23 Å². The normalized spacial score (nSPS) is 19.8. The summed E-state index contributed by atoms with van der Waals surface area (Å²) in [7, 11) is 3.26. The van der Waals surface area contributed by atoms with Crippen LogP contribution in [0.2, 0.25) is 0 Å². The zero-order valence-corrected chi connectivity index (χ0v) is 16.6. The Balaban J connectivity index is 1.59. The Morgan fingerprint density at radius 1 is 1.00 bits per heavy atom. The molecule has 0 fully saturated rings. The van der Waals surface area contributed by atoms with Crippen molar-refractivity contribution in [2.45, 2.75) is 25.6 Å². The maximum absolute atomic E-state index is 6.39. The van der Waals surface area contributed by atoms with Gasteiger partial charge in [-0.05, 0) is 43.3 Å². The van der Waals surface area contributed by atoms with E-state index in [1.807, 2.05) is 60.5 Å². The molecular weight excluding hydrogens is 368 g/mol. The standard InChI is InChI=1S/C23H22N2O4/c1-14-8-10-20(28-14)17-13-18-16-6-4-5-7-19(16)29-23(25(18)24-17)15-9-11-21(26-2)22(12-15)27-3/h4-12,18,23H,13H2,1-3H3/t18-,23-/m0/s1. The van der Waals surface area contributed by atoms with Crippen LogP contribution in [0.15, 0.2) is 64.1 Å². The molecule has 5 rings (SSSR count). The SMILES string of the molecule is COc1ccc([C@@H]2Oc3ccccc3[C@@H]3CC(c4ccc(C)o4)=NN32)cc1OC. The molecule has 2 aliphatic heterocycles. The van der Waals surface area contributed by atoms with E-state index in [2.05, 4.69) is 6.07 Å². The van der Waals surface area contributed by atoms with E-state index in [9.17, 15) is 0 Å². The minimum atomic E-state index is -0.372. The molecule has 29 heavy (non-hydrogen) atoms. The highest BCUT2D eigenvalue weighted by Gasteiger charge is 2.41. The molecule has 0 aliphatic carbocycles. The van der Waals surface area contributed by atoms with Crippen LogP contribution in [0.5, 0.6) is 17.2 Å². The van der Waals surface area contributed by atoms with E-state index >= 15 is 0 Å². The second-order valence-electron chi connectivity index (χ2n) is 7.18. The molecule has 148 valence electrons. The summed E-state index contributed by atoms with van der Waals surface area (Å²) >= 11 is 0. The fourth-order valence-corrected chi connectivity index (χ4v) is 4.00.